The summed E-state index contributed by atoms with van der Waals surface area (Å²) in [6.45, 7) is 0. The molecule has 1 rings (SSSR count). The van der Waals surface area contributed by atoms with E-state index in [1.54, 1.807) is 17.9 Å². The molecule has 0 unspecified atom stereocenters. The number of aromatic nitrogens is 2. The van der Waals surface area contributed by atoms with E-state index in [-0.39, 0.29) is 0 Å². The average Bonchev–Trinajstić information content (AvgIpc) is 2.17. The van der Waals surface area contributed by atoms with Crippen LogP contribution in [0.3, 0.4) is 0 Å². The number of rotatable bonds is 0. The van der Waals surface area contributed by atoms with Crippen LogP contribution in [-0.4, -0.2) is 9.78 Å². The molecule has 0 fully saturated rings. The first kappa shape index (κ1) is 5.83. The lowest BCUT2D eigenvalue weighted by Gasteiger charge is -1.78. The van der Waals surface area contributed by atoms with Gasteiger partial charge in [-0.25, -0.2) is 0 Å². The molecule has 1 aromatic rings. The van der Waals surface area contributed by atoms with Crippen molar-refractivity contribution >= 4 is 0 Å². The van der Waals surface area contributed by atoms with E-state index in [4.69, 9.17) is 0 Å². The molecule has 3 heteroatoms. The van der Waals surface area contributed by atoms with Crippen molar-refractivity contribution in [3.05, 3.63) is 18.0 Å². The van der Waals surface area contributed by atoms with Gasteiger partial charge in [0, 0.05) is 13.2 Å². The summed E-state index contributed by atoms with van der Waals surface area (Å²) in [4.78, 5) is 0. The Morgan fingerprint density at radius 3 is 3.00 bits per heavy atom. The molecular formula is C6H5FN2. The van der Waals surface area contributed by atoms with Gasteiger partial charge in [0.15, 0.2) is 0 Å². The van der Waals surface area contributed by atoms with Crippen molar-refractivity contribution in [1.82, 2.24) is 9.78 Å². The molecule has 46 valence electrons. The van der Waals surface area contributed by atoms with Crippen LogP contribution in [0.4, 0.5) is 4.39 Å². The van der Waals surface area contributed by atoms with E-state index in [2.05, 4.69) is 11.0 Å². The van der Waals surface area contributed by atoms with Crippen LogP contribution >= 0.6 is 0 Å². The van der Waals surface area contributed by atoms with Crippen molar-refractivity contribution in [1.29, 1.82) is 0 Å². The van der Waals surface area contributed by atoms with Crippen molar-refractivity contribution in [3.63, 3.8) is 0 Å². The third kappa shape index (κ3) is 1.29. The second-order valence-corrected chi connectivity index (χ2v) is 1.62. The van der Waals surface area contributed by atoms with Crippen LogP contribution in [0, 0.1) is 12.1 Å². The molecule has 0 radical (unpaired) electrons. The van der Waals surface area contributed by atoms with Crippen molar-refractivity contribution in [2.45, 2.75) is 0 Å². The first-order valence-corrected chi connectivity index (χ1v) is 2.43. The molecule has 0 aliphatic heterocycles. The zero-order valence-corrected chi connectivity index (χ0v) is 4.93. The Morgan fingerprint density at radius 2 is 2.56 bits per heavy atom. The van der Waals surface area contributed by atoms with Gasteiger partial charge in [-0.3, -0.25) is 4.68 Å². The Balaban J connectivity index is 2.93. The van der Waals surface area contributed by atoms with Gasteiger partial charge in [0.2, 0.25) is 0 Å². The van der Waals surface area contributed by atoms with E-state index < -0.39 is 0 Å². The molecule has 0 saturated heterocycles. The van der Waals surface area contributed by atoms with Gasteiger partial charge in [0.1, 0.15) is 6.17 Å². The molecule has 0 aliphatic rings. The van der Waals surface area contributed by atoms with Crippen molar-refractivity contribution in [2.75, 3.05) is 0 Å². The van der Waals surface area contributed by atoms with Gasteiger partial charge < -0.3 is 0 Å². The number of nitrogens with zero attached hydrogens (tertiary/aromatic N) is 2. The maximum Gasteiger partial charge on any atom is 0.111 e. The minimum Gasteiger partial charge on any atom is -0.275 e. The largest absolute Gasteiger partial charge is 0.275 e. The molecule has 0 bridgehead atoms. The van der Waals surface area contributed by atoms with Crippen LogP contribution in [0.5, 0.6) is 0 Å². The van der Waals surface area contributed by atoms with Gasteiger partial charge in [-0.15, -0.1) is 4.39 Å². The minimum absolute atomic E-state index is 0.597. The predicted octanol–water partition coefficient (Wildman–Crippen LogP) is 0.699. The molecule has 0 saturated carbocycles. The van der Waals surface area contributed by atoms with Crippen LogP contribution in [0.15, 0.2) is 12.4 Å². The Bertz CT molecular complexity index is 254. The van der Waals surface area contributed by atoms with E-state index in [0.717, 1.165) is 0 Å². The molecule has 0 aliphatic carbocycles. The highest BCUT2D eigenvalue weighted by Gasteiger charge is 1.87. The second kappa shape index (κ2) is 2.31. The van der Waals surface area contributed by atoms with E-state index >= 15 is 0 Å². The highest BCUT2D eigenvalue weighted by molar-refractivity contribution is 5.27. The number of aryl methyl sites for hydroxylation is 1. The van der Waals surface area contributed by atoms with E-state index in [1.165, 1.54) is 12.4 Å². The topological polar surface area (TPSA) is 17.8 Å². The number of halogens is 1. The second-order valence-electron chi connectivity index (χ2n) is 1.62. The SMILES string of the molecule is Cn1cc(C#CF)cn1. The third-order valence-electron chi connectivity index (χ3n) is 0.896. The van der Waals surface area contributed by atoms with Gasteiger partial charge in [-0.2, -0.15) is 5.10 Å². The quantitative estimate of drug-likeness (QED) is 0.465. The highest BCUT2D eigenvalue weighted by atomic mass is 19.1. The Labute approximate surface area is 52.3 Å². The molecule has 0 atom stereocenters. The first-order chi connectivity index (χ1) is 4.33. The van der Waals surface area contributed by atoms with Crippen LogP contribution in [0.2, 0.25) is 0 Å². The first-order valence-electron chi connectivity index (χ1n) is 2.43. The summed E-state index contributed by atoms with van der Waals surface area (Å²) in [7, 11) is 1.75. The molecule has 1 heterocycles. The summed E-state index contributed by atoms with van der Waals surface area (Å²) < 4.78 is 12.9. The van der Waals surface area contributed by atoms with Gasteiger partial charge in [-0.05, 0) is 5.92 Å². The summed E-state index contributed by atoms with van der Waals surface area (Å²) in [6, 6.07) is 0. The molecule has 1 aromatic heterocycles. The van der Waals surface area contributed by atoms with E-state index in [0.29, 0.717) is 5.56 Å². The molecule has 2 nitrogen and oxygen atoms in total. The fourth-order valence-corrected chi connectivity index (χ4v) is 0.540. The third-order valence-corrected chi connectivity index (χ3v) is 0.896. The summed E-state index contributed by atoms with van der Waals surface area (Å²) in [5, 5.41) is 3.78. The monoisotopic (exact) mass is 124 g/mol. The fraction of sp³-hybridized carbons (Fsp3) is 0.167. The minimum atomic E-state index is 0.597. The Morgan fingerprint density at radius 1 is 1.78 bits per heavy atom. The van der Waals surface area contributed by atoms with Crippen LogP contribution < -0.4 is 0 Å². The van der Waals surface area contributed by atoms with Crippen molar-refractivity contribution in [3.8, 4) is 12.1 Å². The molecule has 9 heavy (non-hydrogen) atoms. The van der Waals surface area contributed by atoms with Crippen LogP contribution in [0.1, 0.15) is 5.56 Å². The Hall–Kier alpha value is -1.30. The lowest BCUT2D eigenvalue weighted by atomic mass is 10.4. The Kier molecular flexibility index (Phi) is 1.50. The zero-order valence-electron chi connectivity index (χ0n) is 4.93. The normalized spacial score (nSPS) is 8.22. The summed E-state index contributed by atoms with van der Waals surface area (Å²) in [5.41, 5.74) is 0.597. The molecule has 0 spiro atoms. The lowest BCUT2D eigenvalue weighted by molar-refractivity contribution is 0.767. The van der Waals surface area contributed by atoms with E-state index in [1.807, 2.05) is 0 Å². The van der Waals surface area contributed by atoms with Crippen LogP contribution in [-0.2, 0) is 7.05 Å². The molecule has 0 aromatic carbocycles. The van der Waals surface area contributed by atoms with Crippen molar-refractivity contribution in [2.24, 2.45) is 7.05 Å². The van der Waals surface area contributed by atoms with E-state index in [9.17, 15) is 4.39 Å². The number of hydrogen-bond donors (Lipinski definition) is 0. The highest BCUT2D eigenvalue weighted by Crippen LogP contribution is 1.91. The smallest absolute Gasteiger partial charge is 0.111 e. The van der Waals surface area contributed by atoms with Crippen molar-refractivity contribution < 1.29 is 4.39 Å². The summed E-state index contributed by atoms with van der Waals surface area (Å²) in [5.74, 6) is 2.23. The fourth-order valence-electron chi connectivity index (χ4n) is 0.540. The predicted molar refractivity (Wildman–Crippen MR) is 31.2 cm³/mol. The molecule has 0 N–H and O–H groups in total. The standard InChI is InChI=1S/C6H5FN2/c1-9-5-6(2-3-7)4-8-9/h4-5H,1H3. The summed E-state index contributed by atoms with van der Waals surface area (Å²) in [6.07, 6.45) is 4.45. The van der Waals surface area contributed by atoms with Gasteiger partial charge in [0.05, 0.1) is 11.8 Å². The number of hydrogen-bond acceptors (Lipinski definition) is 1. The van der Waals surface area contributed by atoms with Gasteiger partial charge in [0.25, 0.3) is 0 Å². The molecule has 0 amide bonds. The summed E-state index contributed by atoms with van der Waals surface area (Å²) >= 11 is 0. The van der Waals surface area contributed by atoms with Crippen LogP contribution in [0.25, 0.3) is 0 Å². The van der Waals surface area contributed by atoms with Gasteiger partial charge >= 0.3 is 0 Å². The lowest BCUT2D eigenvalue weighted by Crippen LogP contribution is -1.83. The maximum absolute atomic E-state index is 11.3. The molecular weight excluding hydrogens is 119 g/mol. The average molecular weight is 124 g/mol. The maximum atomic E-state index is 11.3. The zero-order chi connectivity index (χ0) is 6.69. The van der Waals surface area contributed by atoms with Gasteiger partial charge in [-0.1, -0.05) is 0 Å².